The highest BCUT2D eigenvalue weighted by molar-refractivity contribution is 5.49. The third-order valence-corrected chi connectivity index (χ3v) is 1.96. The topological polar surface area (TPSA) is 30.2 Å². The molecule has 0 radical (unpaired) electrons. The Morgan fingerprint density at radius 2 is 1.88 bits per heavy atom. The standard InChI is InChI=1S/C8H4F5N3/c9-5(10)7-15-14-6-4(8(11,12)13)2-1-3-16(6)7/h1-3,5H. The zero-order chi connectivity index (χ0) is 11.9. The van der Waals surface area contributed by atoms with Crippen LogP contribution in [0, 0.1) is 0 Å². The fourth-order valence-electron chi connectivity index (χ4n) is 1.30. The van der Waals surface area contributed by atoms with E-state index in [2.05, 4.69) is 10.2 Å². The van der Waals surface area contributed by atoms with Gasteiger partial charge in [0, 0.05) is 6.20 Å². The smallest absolute Gasteiger partial charge is 0.281 e. The van der Waals surface area contributed by atoms with Crippen LogP contribution in [0.25, 0.3) is 5.65 Å². The van der Waals surface area contributed by atoms with Crippen molar-refractivity contribution in [3.8, 4) is 0 Å². The summed E-state index contributed by atoms with van der Waals surface area (Å²) in [5.74, 6) is -0.805. The Kier molecular flexibility index (Phi) is 2.28. The van der Waals surface area contributed by atoms with Crippen LogP contribution in [0.2, 0.25) is 0 Å². The van der Waals surface area contributed by atoms with E-state index in [0.29, 0.717) is 4.40 Å². The number of pyridine rings is 1. The average Bonchev–Trinajstić information content (AvgIpc) is 2.58. The summed E-state index contributed by atoms with van der Waals surface area (Å²) in [7, 11) is 0. The van der Waals surface area contributed by atoms with Gasteiger partial charge in [-0.1, -0.05) is 0 Å². The summed E-state index contributed by atoms with van der Waals surface area (Å²) in [5.41, 5.74) is -1.71. The van der Waals surface area contributed by atoms with Crippen LogP contribution >= 0.6 is 0 Å². The first-order valence-electron chi connectivity index (χ1n) is 4.10. The van der Waals surface area contributed by atoms with E-state index in [1.807, 2.05) is 0 Å². The van der Waals surface area contributed by atoms with E-state index >= 15 is 0 Å². The van der Waals surface area contributed by atoms with Crippen molar-refractivity contribution < 1.29 is 22.0 Å². The quantitative estimate of drug-likeness (QED) is 0.714. The molecule has 0 unspecified atom stereocenters. The van der Waals surface area contributed by atoms with Crippen molar-refractivity contribution in [2.45, 2.75) is 12.6 Å². The molecule has 3 nitrogen and oxygen atoms in total. The van der Waals surface area contributed by atoms with Crippen molar-refractivity contribution in [2.75, 3.05) is 0 Å². The summed E-state index contributed by atoms with van der Waals surface area (Å²) in [5, 5.41) is 6.15. The van der Waals surface area contributed by atoms with Gasteiger partial charge in [0.25, 0.3) is 6.43 Å². The second kappa shape index (κ2) is 3.39. The molecule has 0 aliphatic carbocycles. The molecule has 0 fully saturated rings. The van der Waals surface area contributed by atoms with Gasteiger partial charge in [0.05, 0.1) is 0 Å². The van der Waals surface area contributed by atoms with Crippen molar-refractivity contribution in [1.29, 1.82) is 0 Å². The Hall–Kier alpha value is -1.73. The lowest BCUT2D eigenvalue weighted by molar-refractivity contribution is -0.136. The van der Waals surface area contributed by atoms with E-state index in [1.165, 1.54) is 0 Å². The molecule has 0 spiro atoms. The van der Waals surface area contributed by atoms with Crippen molar-refractivity contribution in [1.82, 2.24) is 14.6 Å². The molecule has 16 heavy (non-hydrogen) atoms. The molecule has 2 aromatic rings. The summed E-state index contributed by atoms with van der Waals surface area (Å²) < 4.78 is 62.7. The monoisotopic (exact) mass is 237 g/mol. The zero-order valence-corrected chi connectivity index (χ0v) is 7.54. The van der Waals surface area contributed by atoms with Crippen molar-refractivity contribution in [3.05, 3.63) is 29.7 Å². The summed E-state index contributed by atoms with van der Waals surface area (Å²) in [6, 6.07) is 1.78. The third-order valence-electron chi connectivity index (χ3n) is 1.96. The maximum atomic E-state index is 12.5. The molecule has 2 aromatic heterocycles. The molecule has 0 amide bonds. The van der Waals surface area contributed by atoms with Crippen LogP contribution in [0.5, 0.6) is 0 Å². The van der Waals surface area contributed by atoms with E-state index in [-0.39, 0.29) is 0 Å². The molecule has 8 heteroatoms. The molecule has 0 N–H and O–H groups in total. The SMILES string of the molecule is FC(F)c1nnc2c(C(F)(F)F)cccn12. The Bertz CT molecular complexity index is 516. The fourth-order valence-corrected chi connectivity index (χ4v) is 1.30. The Labute approximate surface area is 85.5 Å². The average molecular weight is 237 g/mol. The van der Waals surface area contributed by atoms with Gasteiger partial charge in [-0.2, -0.15) is 13.2 Å². The van der Waals surface area contributed by atoms with Crippen LogP contribution in [0.4, 0.5) is 22.0 Å². The van der Waals surface area contributed by atoms with Crippen LogP contribution < -0.4 is 0 Å². The molecule has 86 valence electrons. The van der Waals surface area contributed by atoms with E-state index in [9.17, 15) is 22.0 Å². The Balaban J connectivity index is 2.72. The predicted molar refractivity (Wildman–Crippen MR) is 42.9 cm³/mol. The first kappa shape index (κ1) is 10.8. The molecule has 0 aromatic carbocycles. The van der Waals surface area contributed by atoms with Crippen molar-refractivity contribution in [2.24, 2.45) is 0 Å². The molecule has 0 aliphatic rings. The number of hydrogen-bond donors (Lipinski definition) is 0. The lowest BCUT2D eigenvalue weighted by atomic mass is 10.2. The Morgan fingerprint density at radius 3 is 2.44 bits per heavy atom. The lowest BCUT2D eigenvalue weighted by Crippen LogP contribution is -2.08. The predicted octanol–water partition coefficient (Wildman–Crippen LogP) is 2.69. The van der Waals surface area contributed by atoms with Gasteiger partial charge >= 0.3 is 6.18 Å². The first-order valence-corrected chi connectivity index (χ1v) is 4.10. The number of hydrogen-bond acceptors (Lipinski definition) is 2. The highest BCUT2D eigenvalue weighted by Gasteiger charge is 2.34. The molecule has 0 aliphatic heterocycles. The molecule has 0 saturated heterocycles. The second-order valence-electron chi connectivity index (χ2n) is 2.97. The van der Waals surface area contributed by atoms with Crippen LogP contribution in [-0.4, -0.2) is 14.6 Å². The summed E-state index contributed by atoms with van der Waals surface area (Å²) in [6.45, 7) is 0. The fraction of sp³-hybridized carbons (Fsp3) is 0.250. The molecule has 2 rings (SSSR count). The van der Waals surface area contributed by atoms with E-state index in [4.69, 9.17) is 0 Å². The maximum absolute atomic E-state index is 12.5. The number of fused-ring (bicyclic) bond motifs is 1. The van der Waals surface area contributed by atoms with Gasteiger partial charge in [-0.15, -0.1) is 10.2 Å². The van der Waals surface area contributed by atoms with Gasteiger partial charge in [0.1, 0.15) is 5.56 Å². The summed E-state index contributed by atoms with van der Waals surface area (Å²) in [6.07, 6.45) is -6.56. The Morgan fingerprint density at radius 1 is 1.19 bits per heavy atom. The van der Waals surface area contributed by atoms with Gasteiger partial charge in [0.15, 0.2) is 5.65 Å². The van der Waals surface area contributed by atoms with Gasteiger partial charge in [-0.3, -0.25) is 4.40 Å². The third kappa shape index (κ3) is 1.59. The zero-order valence-electron chi connectivity index (χ0n) is 7.54. The van der Waals surface area contributed by atoms with Gasteiger partial charge < -0.3 is 0 Å². The highest BCUT2D eigenvalue weighted by atomic mass is 19.4. The molecular formula is C8H4F5N3. The summed E-state index contributed by atoms with van der Waals surface area (Å²) in [4.78, 5) is 0. The van der Waals surface area contributed by atoms with Gasteiger partial charge in [0.2, 0.25) is 5.82 Å². The maximum Gasteiger partial charge on any atom is 0.420 e. The second-order valence-corrected chi connectivity index (χ2v) is 2.97. The van der Waals surface area contributed by atoms with Gasteiger partial charge in [-0.05, 0) is 12.1 Å². The van der Waals surface area contributed by atoms with Crippen LogP contribution in [0.3, 0.4) is 0 Å². The minimum Gasteiger partial charge on any atom is -0.281 e. The number of nitrogens with zero attached hydrogens (tertiary/aromatic N) is 3. The summed E-state index contributed by atoms with van der Waals surface area (Å²) >= 11 is 0. The number of aromatic nitrogens is 3. The minimum atomic E-state index is -4.64. The van der Waals surface area contributed by atoms with Crippen molar-refractivity contribution in [3.63, 3.8) is 0 Å². The molecule has 2 heterocycles. The minimum absolute atomic E-state index is 0.620. The largest absolute Gasteiger partial charge is 0.420 e. The molecule has 0 atom stereocenters. The first-order chi connectivity index (χ1) is 7.41. The molecule has 0 saturated carbocycles. The highest BCUT2D eigenvalue weighted by Crippen LogP contribution is 2.32. The number of rotatable bonds is 1. The van der Waals surface area contributed by atoms with E-state index in [1.54, 1.807) is 0 Å². The van der Waals surface area contributed by atoms with Gasteiger partial charge in [-0.25, -0.2) is 8.78 Å². The number of alkyl halides is 5. The van der Waals surface area contributed by atoms with E-state index in [0.717, 1.165) is 18.3 Å². The van der Waals surface area contributed by atoms with Crippen LogP contribution in [0.1, 0.15) is 17.8 Å². The molecular weight excluding hydrogens is 233 g/mol. The molecule has 0 bridgehead atoms. The van der Waals surface area contributed by atoms with Crippen molar-refractivity contribution >= 4 is 5.65 Å². The van der Waals surface area contributed by atoms with Crippen LogP contribution in [-0.2, 0) is 6.18 Å². The number of halogens is 5. The lowest BCUT2D eigenvalue weighted by Gasteiger charge is -2.07. The normalized spacial score (nSPS) is 12.6. The van der Waals surface area contributed by atoms with E-state index < -0.39 is 29.6 Å². The van der Waals surface area contributed by atoms with Crippen LogP contribution in [0.15, 0.2) is 18.3 Å².